The molecule has 0 radical (unpaired) electrons. The molecule has 19 heavy (non-hydrogen) atoms. The summed E-state index contributed by atoms with van der Waals surface area (Å²) in [6, 6.07) is 4.16. The highest BCUT2D eigenvalue weighted by Crippen LogP contribution is 2.31. The fourth-order valence-corrected chi connectivity index (χ4v) is 4.08. The average molecular weight is 316 g/mol. The van der Waals surface area contributed by atoms with Crippen molar-refractivity contribution in [3.63, 3.8) is 0 Å². The summed E-state index contributed by atoms with van der Waals surface area (Å²) < 4.78 is 60.3. The first-order valence-electron chi connectivity index (χ1n) is 5.14. The second-order valence-electron chi connectivity index (χ2n) is 3.86. The minimum Gasteiger partial charge on any atom is -0.496 e. The van der Waals surface area contributed by atoms with Gasteiger partial charge in [0.15, 0.2) is 0 Å². The molecule has 0 amide bonds. The van der Waals surface area contributed by atoms with Crippen molar-refractivity contribution in [1.82, 2.24) is 0 Å². The zero-order valence-corrected chi connectivity index (χ0v) is 12.5. The van der Waals surface area contributed by atoms with Crippen molar-refractivity contribution >= 4 is 18.2 Å². The van der Waals surface area contributed by atoms with E-state index in [0.29, 0.717) is 11.3 Å². The first-order valence-corrected chi connectivity index (χ1v) is 9.18. The maximum absolute atomic E-state index is 12.9. The maximum atomic E-state index is 12.9. The van der Waals surface area contributed by atoms with Crippen molar-refractivity contribution in [1.29, 1.82) is 0 Å². The van der Waals surface area contributed by atoms with E-state index in [9.17, 15) is 17.4 Å². The molecule has 0 N–H and O–H groups in total. The van der Waals surface area contributed by atoms with Crippen LogP contribution in [0.1, 0.15) is 5.56 Å². The molecule has 0 heterocycles. The van der Waals surface area contributed by atoms with Crippen LogP contribution in [0.5, 0.6) is 11.5 Å². The number of methoxy groups -OCH3 is 1. The Labute approximate surface area is 112 Å². The van der Waals surface area contributed by atoms with Gasteiger partial charge in [-0.1, -0.05) is 9.45 Å². The van der Waals surface area contributed by atoms with E-state index in [1.165, 1.54) is 37.8 Å². The lowest BCUT2D eigenvalue weighted by Crippen LogP contribution is -2.31. The number of alkyl halides is 3. The lowest BCUT2D eigenvalue weighted by Gasteiger charge is -2.18. The largest absolute Gasteiger partial charge is 0.502 e. The molecule has 0 fully saturated rings. The molecule has 0 spiro atoms. The number of hydrogen-bond acceptors (Lipinski definition) is 3. The van der Waals surface area contributed by atoms with Crippen molar-refractivity contribution < 1.29 is 26.3 Å². The molecule has 1 atom stereocenters. The van der Waals surface area contributed by atoms with Gasteiger partial charge in [-0.3, -0.25) is 0 Å². The third-order valence-corrected chi connectivity index (χ3v) is 7.56. The Hall–Kier alpha value is -0.890. The topological polar surface area (TPSA) is 35.5 Å². The van der Waals surface area contributed by atoms with Gasteiger partial charge in [-0.15, -0.1) is 0 Å². The van der Waals surface area contributed by atoms with E-state index in [0.717, 1.165) is 0 Å². The Morgan fingerprint density at radius 1 is 1.26 bits per heavy atom. The van der Waals surface area contributed by atoms with Gasteiger partial charge in [-0.2, -0.15) is 13.2 Å². The van der Waals surface area contributed by atoms with Crippen molar-refractivity contribution in [3.8, 4) is 11.5 Å². The lowest BCUT2D eigenvalue weighted by atomic mass is 10.2. The first kappa shape index (κ1) is 16.2. The summed E-state index contributed by atoms with van der Waals surface area (Å²) in [7, 11) is -4.42. The van der Waals surface area contributed by atoms with Crippen LogP contribution in [0.15, 0.2) is 18.2 Å². The average Bonchev–Trinajstić information content (AvgIpc) is 2.27. The SMILES string of the molecule is COc1ccc(OS(=O)(=S(C)C)C(F)(F)F)cc1C. The first-order chi connectivity index (χ1) is 8.61. The second-order valence-corrected chi connectivity index (χ2v) is 10.2. The van der Waals surface area contributed by atoms with Crippen LogP contribution in [0.4, 0.5) is 13.2 Å². The van der Waals surface area contributed by atoms with Gasteiger partial charge in [0.2, 0.25) is 8.77 Å². The number of rotatable bonds is 3. The molecule has 0 aliphatic carbocycles. The van der Waals surface area contributed by atoms with Crippen LogP contribution in [0.2, 0.25) is 0 Å². The highest BCUT2D eigenvalue weighted by Gasteiger charge is 2.45. The zero-order chi connectivity index (χ0) is 14.8. The van der Waals surface area contributed by atoms with E-state index in [2.05, 4.69) is 0 Å². The van der Waals surface area contributed by atoms with Crippen molar-refractivity contribution in [3.05, 3.63) is 23.8 Å². The standard InChI is InChI=1S/C11H15F3O3S2/c1-8-7-9(5-6-10(8)16-2)17-19(15,18(3)4)11(12,13)14/h5-7H,1-4H3. The van der Waals surface area contributed by atoms with E-state index >= 15 is 0 Å². The van der Waals surface area contributed by atoms with E-state index < -0.39 is 23.7 Å². The predicted octanol–water partition coefficient (Wildman–Crippen LogP) is 2.89. The highest BCUT2D eigenvalue weighted by molar-refractivity contribution is 8.45. The molecule has 0 aromatic heterocycles. The molecule has 0 aliphatic heterocycles. The normalized spacial score (nSPS) is 15.2. The Bertz CT molecular complexity index is 583. The zero-order valence-electron chi connectivity index (χ0n) is 10.9. The molecule has 3 nitrogen and oxygen atoms in total. The molecule has 8 heteroatoms. The fraction of sp³-hybridized carbons (Fsp3) is 0.455. The number of aryl methyl sites for hydroxylation is 1. The summed E-state index contributed by atoms with van der Waals surface area (Å²) in [5, 5.41) is 0. The number of ether oxygens (including phenoxy) is 1. The van der Waals surface area contributed by atoms with E-state index in [-0.39, 0.29) is 5.75 Å². The third-order valence-electron chi connectivity index (χ3n) is 2.29. The third kappa shape index (κ3) is 3.36. The van der Waals surface area contributed by atoms with Gasteiger partial charge in [0.05, 0.1) is 7.11 Å². The van der Waals surface area contributed by atoms with Gasteiger partial charge < -0.3 is 8.92 Å². The minimum atomic E-state index is -4.90. The predicted molar refractivity (Wildman–Crippen MR) is 71.8 cm³/mol. The molecular weight excluding hydrogens is 301 g/mol. The minimum absolute atomic E-state index is 0.0816. The van der Waals surface area contributed by atoms with Crippen molar-refractivity contribution in [2.45, 2.75) is 12.4 Å². The summed E-state index contributed by atoms with van der Waals surface area (Å²) >= 11 is 0. The van der Waals surface area contributed by atoms with E-state index in [1.54, 1.807) is 6.92 Å². The Morgan fingerprint density at radius 3 is 2.21 bits per heavy atom. The second kappa shape index (κ2) is 5.62. The summed E-state index contributed by atoms with van der Waals surface area (Å²) in [6.07, 6.45) is 2.48. The molecular formula is C11H15F3O3S2. The van der Waals surface area contributed by atoms with Crippen molar-refractivity contribution in [2.75, 3.05) is 19.6 Å². The van der Waals surface area contributed by atoms with Gasteiger partial charge in [0, 0.05) is 0 Å². The molecule has 0 saturated heterocycles. The monoisotopic (exact) mass is 316 g/mol. The molecule has 1 aromatic carbocycles. The molecule has 0 bridgehead atoms. The lowest BCUT2D eigenvalue weighted by molar-refractivity contribution is -0.0444. The summed E-state index contributed by atoms with van der Waals surface area (Å²) in [5.74, 6) is 0.444. The van der Waals surface area contributed by atoms with Crippen LogP contribution in [-0.2, 0) is 18.2 Å². The van der Waals surface area contributed by atoms with Gasteiger partial charge in [-0.05, 0) is 43.2 Å². The molecule has 0 saturated carbocycles. The molecule has 1 unspecified atom stereocenters. The molecule has 1 aromatic rings. The summed E-state index contributed by atoms with van der Waals surface area (Å²) in [4.78, 5) is 0. The van der Waals surface area contributed by atoms with Crippen LogP contribution < -0.4 is 8.92 Å². The summed E-state index contributed by atoms with van der Waals surface area (Å²) in [5.41, 5.74) is -4.29. The summed E-state index contributed by atoms with van der Waals surface area (Å²) in [6.45, 7) is 1.67. The fourth-order valence-electron chi connectivity index (χ4n) is 1.33. The quantitative estimate of drug-likeness (QED) is 0.860. The smallest absolute Gasteiger partial charge is 0.496 e. The van der Waals surface area contributed by atoms with Crippen LogP contribution in [0.25, 0.3) is 0 Å². The van der Waals surface area contributed by atoms with E-state index in [1.807, 2.05) is 0 Å². The number of halogens is 3. The van der Waals surface area contributed by atoms with Gasteiger partial charge in [0.1, 0.15) is 11.5 Å². The molecule has 0 aliphatic rings. The highest BCUT2D eigenvalue weighted by atomic mass is 32.9. The van der Waals surface area contributed by atoms with Crippen LogP contribution in [0.3, 0.4) is 0 Å². The number of benzene rings is 1. The molecule has 1 rings (SSSR count). The Balaban J connectivity index is 3.25. The van der Waals surface area contributed by atoms with Crippen molar-refractivity contribution in [2.24, 2.45) is 0 Å². The van der Waals surface area contributed by atoms with Gasteiger partial charge >= 0.3 is 5.51 Å². The van der Waals surface area contributed by atoms with Crippen LogP contribution >= 0.6 is 0 Å². The Kier molecular flexibility index (Phi) is 4.78. The van der Waals surface area contributed by atoms with Gasteiger partial charge in [0.25, 0.3) is 0 Å². The van der Waals surface area contributed by atoms with Gasteiger partial charge in [-0.25, -0.2) is 4.21 Å². The van der Waals surface area contributed by atoms with Crippen LogP contribution in [0, 0.1) is 6.92 Å². The maximum Gasteiger partial charge on any atom is 0.502 e. The Morgan fingerprint density at radius 2 is 1.84 bits per heavy atom. The molecule has 110 valence electrons. The van der Waals surface area contributed by atoms with Crippen LogP contribution in [-0.4, -0.2) is 29.3 Å². The van der Waals surface area contributed by atoms with E-state index in [4.69, 9.17) is 8.92 Å². The number of hydrogen-bond donors (Lipinski definition) is 0.